The Hall–Kier alpha value is -3.22. The number of benzene rings is 2. The number of rotatable bonds is 7. The van der Waals surface area contributed by atoms with Gasteiger partial charge < -0.3 is 14.4 Å². The van der Waals surface area contributed by atoms with Crippen molar-refractivity contribution in [3.05, 3.63) is 48.0 Å². The molecule has 0 bridgehead atoms. The van der Waals surface area contributed by atoms with Gasteiger partial charge >= 0.3 is 6.09 Å². The van der Waals surface area contributed by atoms with E-state index in [9.17, 15) is 18.0 Å². The number of piperazine rings is 1. The van der Waals surface area contributed by atoms with E-state index in [0.717, 1.165) is 16.0 Å². The average molecular weight is 519 g/mol. The summed E-state index contributed by atoms with van der Waals surface area (Å²) < 4.78 is 38.7. The molecule has 1 N–H and O–H groups in total. The fourth-order valence-electron chi connectivity index (χ4n) is 3.64. The summed E-state index contributed by atoms with van der Waals surface area (Å²) in [7, 11) is -3.75. The predicted molar refractivity (Wildman–Crippen MR) is 133 cm³/mol. The molecule has 0 radical (unpaired) electrons. The fourth-order valence-corrected chi connectivity index (χ4v) is 5.95. The second-order valence-corrected chi connectivity index (χ2v) is 10.6. The lowest BCUT2D eigenvalue weighted by atomic mass is 10.2. The minimum absolute atomic E-state index is 0.0853. The van der Waals surface area contributed by atoms with E-state index < -0.39 is 16.1 Å². The van der Waals surface area contributed by atoms with Gasteiger partial charge in [-0.05, 0) is 56.3 Å². The van der Waals surface area contributed by atoms with Crippen LogP contribution in [0.25, 0.3) is 10.2 Å². The SMILES string of the molecule is CCOC(=O)N1CCN(S(=O)(=O)c2ccc(C(=O)Nc3nc4ccc(OCC)cc4s3)cc2)CC1. The van der Waals surface area contributed by atoms with Crippen molar-refractivity contribution in [3.8, 4) is 5.75 Å². The number of aromatic nitrogens is 1. The summed E-state index contributed by atoms with van der Waals surface area (Å²) in [6.45, 7) is 5.32. The van der Waals surface area contributed by atoms with E-state index in [0.29, 0.717) is 17.3 Å². The summed E-state index contributed by atoms with van der Waals surface area (Å²) in [5.41, 5.74) is 1.06. The molecule has 1 aromatic heterocycles. The predicted octanol–water partition coefficient (Wildman–Crippen LogP) is 3.41. The monoisotopic (exact) mass is 518 g/mol. The molecule has 0 spiro atoms. The van der Waals surface area contributed by atoms with E-state index in [1.165, 1.54) is 44.8 Å². The van der Waals surface area contributed by atoms with Crippen LogP contribution in [0, 0.1) is 0 Å². The Bertz CT molecular complexity index is 1320. The number of nitrogens with zero attached hydrogens (tertiary/aromatic N) is 3. The first-order valence-electron chi connectivity index (χ1n) is 11.2. The van der Waals surface area contributed by atoms with E-state index in [4.69, 9.17) is 9.47 Å². The van der Waals surface area contributed by atoms with E-state index in [-0.39, 0.29) is 43.6 Å². The molecule has 186 valence electrons. The van der Waals surface area contributed by atoms with Crippen LogP contribution in [0.15, 0.2) is 47.4 Å². The molecule has 1 fully saturated rings. The lowest BCUT2D eigenvalue weighted by Gasteiger charge is -2.33. The number of carbonyl (C=O) groups excluding carboxylic acids is 2. The minimum atomic E-state index is -3.75. The molecular weight excluding hydrogens is 492 g/mol. The molecular formula is C23H26N4O6S2. The minimum Gasteiger partial charge on any atom is -0.494 e. The number of hydrogen-bond donors (Lipinski definition) is 1. The third-order valence-corrected chi connectivity index (χ3v) is 8.26. The van der Waals surface area contributed by atoms with Gasteiger partial charge in [0.05, 0.1) is 28.3 Å². The van der Waals surface area contributed by atoms with Crippen molar-refractivity contribution in [1.29, 1.82) is 0 Å². The number of anilines is 1. The van der Waals surface area contributed by atoms with E-state index in [2.05, 4.69) is 10.3 Å². The van der Waals surface area contributed by atoms with Crippen LogP contribution in [0.2, 0.25) is 0 Å². The zero-order chi connectivity index (χ0) is 25.0. The van der Waals surface area contributed by atoms with Crippen LogP contribution in [0.3, 0.4) is 0 Å². The van der Waals surface area contributed by atoms with Crippen molar-refractivity contribution in [1.82, 2.24) is 14.2 Å². The van der Waals surface area contributed by atoms with Crippen LogP contribution in [0.5, 0.6) is 5.75 Å². The summed E-state index contributed by atoms with van der Waals surface area (Å²) in [6.07, 6.45) is -0.442. The number of sulfonamides is 1. The van der Waals surface area contributed by atoms with Gasteiger partial charge in [0, 0.05) is 31.7 Å². The molecule has 1 saturated heterocycles. The Kier molecular flexibility index (Phi) is 7.53. The molecule has 3 aromatic rings. The number of thiazole rings is 1. The Labute approximate surface area is 207 Å². The molecule has 0 unspecified atom stereocenters. The third kappa shape index (κ3) is 5.55. The Morgan fingerprint density at radius 1 is 1.03 bits per heavy atom. The van der Waals surface area contributed by atoms with Gasteiger partial charge in [-0.2, -0.15) is 4.31 Å². The first kappa shape index (κ1) is 24.9. The Morgan fingerprint density at radius 3 is 2.40 bits per heavy atom. The Balaban J connectivity index is 1.40. The molecule has 10 nitrogen and oxygen atoms in total. The second kappa shape index (κ2) is 10.6. The fraction of sp³-hybridized carbons (Fsp3) is 0.348. The second-order valence-electron chi connectivity index (χ2n) is 7.65. The quantitative estimate of drug-likeness (QED) is 0.509. The van der Waals surface area contributed by atoms with Gasteiger partial charge in [-0.15, -0.1) is 0 Å². The number of carbonyl (C=O) groups is 2. The standard InChI is InChI=1S/C23H26N4O6S2/c1-3-32-17-7-10-19-20(15-17)34-22(24-19)25-21(28)16-5-8-18(9-6-16)35(30,31)27-13-11-26(12-14-27)23(29)33-4-2/h5-10,15H,3-4,11-14H2,1-2H3,(H,24,25,28). The summed E-state index contributed by atoms with van der Waals surface area (Å²) >= 11 is 1.33. The van der Waals surface area contributed by atoms with Crippen LogP contribution in [0.1, 0.15) is 24.2 Å². The Morgan fingerprint density at radius 2 is 1.74 bits per heavy atom. The number of fused-ring (bicyclic) bond motifs is 1. The van der Waals surface area contributed by atoms with Crippen LogP contribution in [-0.2, 0) is 14.8 Å². The van der Waals surface area contributed by atoms with Gasteiger partial charge in [-0.1, -0.05) is 11.3 Å². The zero-order valence-corrected chi connectivity index (χ0v) is 21.0. The molecule has 1 aliphatic rings. The maximum Gasteiger partial charge on any atom is 0.409 e. The largest absolute Gasteiger partial charge is 0.494 e. The lowest BCUT2D eigenvalue weighted by molar-refractivity contribution is 0.0933. The summed E-state index contributed by atoms with van der Waals surface area (Å²) in [5, 5.41) is 3.20. The highest BCUT2D eigenvalue weighted by Gasteiger charge is 2.30. The van der Waals surface area contributed by atoms with Crippen LogP contribution < -0.4 is 10.1 Å². The van der Waals surface area contributed by atoms with Gasteiger partial charge in [0.1, 0.15) is 5.75 Å². The molecule has 2 heterocycles. The summed E-state index contributed by atoms with van der Waals surface area (Å²) in [4.78, 5) is 30.5. The van der Waals surface area contributed by atoms with Crippen LogP contribution >= 0.6 is 11.3 Å². The molecule has 1 aliphatic heterocycles. The van der Waals surface area contributed by atoms with Gasteiger partial charge in [-0.3, -0.25) is 10.1 Å². The van der Waals surface area contributed by atoms with Crippen LogP contribution in [0.4, 0.5) is 9.93 Å². The van der Waals surface area contributed by atoms with Crippen LogP contribution in [-0.4, -0.2) is 74.0 Å². The molecule has 4 rings (SSSR count). The topological polar surface area (TPSA) is 118 Å². The zero-order valence-electron chi connectivity index (χ0n) is 19.4. The first-order valence-corrected chi connectivity index (χ1v) is 13.4. The average Bonchev–Trinajstić information content (AvgIpc) is 3.26. The van der Waals surface area contributed by atoms with Gasteiger partial charge in [0.2, 0.25) is 10.0 Å². The summed E-state index contributed by atoms with van der Waals surface area (Å²) in [6, 6.07) is 11.3. The van der Waals surface area contributed by atoms with Gasteiger partial charge in [0.25, 0.3) is 5.91 Å². The molecule has 0 atom stereocenters. The highest BCUT2D eigenvalue weighted by Crippen LogP contribution is 2.29. The number of hydrogen-bond acceptors (Lipinski definition) is 8. The van der Waals surface area contributed by atoms with E-state index >= 15 is 0 Å². The highest BCUT2D eigenvalue weighted by atomic mass is 32.2. The van der Waals surface area contributed by atoms with Crippen molar-refractivity contribution in [2.75, 3.05) is 44.7 Å². The number of ether oxygens (including phenoxy) is 2. The normalized spacial score (nSPS) is 14.6. The van der Waals surface area contributed by atoms with Crippen molar-refractivity contribution in [2.45, 2.75) is 18.7 Å². The molecule has 2 aromatic carbocycles. The third-order valence-electron chi connectivity index (χ3n) is 5.41. The molecule has 0 saturated carbocycles. The number of nitrogens with one attached hydrogen (secondary N) is 1. The van der Waals surface area contributed by atoms with E-state index in [1.807, 2.05) is 25.1 Å². The van der Waals surface area contributed by atoms with Gasteiger partial charge in [-0.25, -0.2) is 18.2 Å². The maximum absolute atomic E-state index is 13.0. The molecule has 2 amide bonds. The van der Waals surface area contributed by atoms with Crippen molar-refractivity contribution in [3.63, 3.8) is 0 Å². The first-order chi connectivity index (χ1) is 16.8. The lowest BCUT2D eigenvalue weighted by Crippen LogP contribution is -2.50. The van der Waals surface area contributed by atoms with Crippen molar-refractivity contribution in [2.24, 2.45) is 0 Å². The molecule has 12 heteroatoms. The molecule has 35 heavy (non-hydrogen) atoms. The van der Waals surface area contributed by atoms with Crippen molar-refractivity contribution < 1.29 is 27.5 Å². The smallest absolute Gasteiger partial charge is 0.409 e. The van der Waals surface area contributed by atoms with Crippen molar-refractivity contribution >= 4 is 48.7 Å². The van der Waals surface area contributed by atoms with E-state index in [1.54, 1.807) is 6.92 Å². The van der Waals surface area contributed by atoms with Gasteiger partial charge in [0.15, 0.2) is 5.13 Å². The maximum atomic E-state index is 13.0. The number of amides is 2. The highest BCUT2D eigenvalue weighted by molar-refractivity contribution is 7.89. The molecule has 0 aliphatic carbocycles. The summed E-state index contributed by atoms with van der Waals surface area (Å²) in [5.74, 6) is 0.349.